The highest BCUT2D eigenvalue weighted by molar-refractivity contribution is 7.90. The van der Waals surface area contributed by atoms with Gasteiger partial charge in [0.15, 0.2) is 9.84 Å². The maximum Gasteiger partial charge on any atom is 0.220 e. The fourth-order valence-corrected chi connectivity index (χ4v) is 2.68. The predicted molar refractivity (Wildman–Crippen MR) is 86.2 cm³/mol. The summed E-state index contributed by atoms with van der Waals surface area (Å²) >= 11 is 0. The predicted octanol–water partition coefficient (Wildman–Crippen LogP) is 2.34. The number of rotatable bonds is 6. The van der Waals surface area contributed by atoms with Crippen LogP contribution in [-0.4, -0.2) is 20.6 Å². The Morgan fingerprint density at radius 1 is 0.955 bits per heavy atom. The van der Waals surface area contributed by atoms with Gasteiger partial charge in [-0.1, -0.05) is 42.5 Å². The van der Waals surface area contributed by atoms with Crippen LogP contribution >= 0.6 is 0 Å². The van der Waals surface area contributed by atoms with Gasteiger partial charge >= 0.3 is 0 Å². The molecule has 0 saturated carbocycles. The van der Waals surface area contributed by atoms with E-state index >= 15 is 0 Å². The average molecular weight is 317 g/mol. The van der Waals surface area contributed by atoms with Crippen LogP contribution < -0.4 is 5.32 Å². The minimum atomic E-state index is -3.18. The number of carbonyl (C=O) groups excluding carboxylic acids is 1. The van der Waals surface area contributed by atoms with Gasteiger partial charge in [0.1, 0.15) is 0 Å². The van der Waals surface area contributed by atoms with Gasteiger partial charge < -0.3 is 5.32 Å². The molecule has 2 aromatic carbocycles. The molecule has 116 valence electrons. The molecule has 0 aliphatic rings. The van der Waals surface area contributed by atoms with E-state index in [1.165, 1.54) is 6.26 Å². The average Bonchev–Trinajstić information content (AvgIpc) is 2.51. The molecular formula is C17H19NO3S. The molecule has 0 unspecified atom stereocenters. The Morgan fingerprint density at radius 3 is 2.18 bits per heavy atom. The molecule has 0 radical (unpaired) electrons. The summed E-state index contributed by atoms with van der Waals surface area (Å²) in [5.74, 6) is -0.0176. The van der Waals surface area contributed by atoms with Crippen molar-refractivity contribution in [3.63, 3.8) is 0 Å². The van der Waals surface area contributed by atoms with Gasteiger partial charge in [0.2, 0.25) is 5.91 Å². The zero-order valence-electron chi connectivity index (χ0n) is 12.5. The third-order valence-corrected chi connectivity index (χ3v) is 4.45. The van der Waals surface area contributed by atoms with Crippen LogP contribution in [0.25, 0.3) is 0 Å². The molecule has 1 N–H and O–H groups in total. The van der Waals surface area contributed by atoms with Crippen LogP contribution in [0.1, 0.15) is 17.5 Å². The molecule has 0 fully saturated rings. The summed E-state index contributed by atoms with van der Waals surface area (Å²) in [6.45, 7) is 0.400. The van der Waals surface area contributed by atoms with Crippen molar-refractivity contribution in [2.45, 2.75) is 24.3 Å². The summed E-state index contributed by atoms with van der Waals surface area (Å²) in [5, 5.41) is 2.84. The molecule has 0 saturated heterocycles. The maximum absolute atomic E-state index is 11.8. The molecule has 22 heavy (non-hydrogen) atoms. The number of nitrogens with one attached hydrogen (secondary N) is 1. The lowest BCUT2D eigenvalue weighted by molar-refractivity contribution is -0.121. The Balaban J connectivity index is 1.81. The minimum Gasteiger partial charge on any atom is -0.352 e. The highest BCUT2D eigenvalue weighted by Gasteiger charge is 2.07. The van der Waals surface area contributed by atoms with Crippen LogP contribution in [0.3, 0.4) is 0 Å². The number of aryl methyl sites for hydroxylation is 1. The van der Waals surface area contributed by atoms with Gasteiger partial charge in [0.05, 0.1) is 4.90 Å². The number of benzene rings is 2. The zero-order chi connectivity index (χ0) is 16.0. The van der Waals surface area contributed by atoms with E-state index in [0.29, 0.717) is 19.4 Å². The van der Waals surface area contributed by atoms with E-state index in [1.54, 1.807) is 24.3 Å². The molecular weight excluding hydrogens is 298 g/mol. The van der Waals surface area contributed by atoms with Gasteiger partial charge in [-0.25, -0.2) is 8.42 Å². The summed E-state index contributed by atoms with van der Waals surface area (Å²) in [4.78, 5) is 12.1. The third-order valence-electron chi connectivity index (χ3n) is 3.32. The SMILES string of the molecule is CS(=O)(=O)c1ccc(CNC(=O)CCc2ccccc2)cc1. The Kier molecular flexibility index (Phi) is 5.33. The minimum absolute atomic E-state index is 0.0176. The molecule has 0 bridgehead atoms. The van der Waals surface area contributed by atoms with E-state index in [2.05, 4.69) is 5.32 Å². The zero-order valence-corrected chi connectivity index (χ0v) is 13.3. The van der Waals surface area contributed by atoms with Crippen molar-refractivity contribution in [3.8, 4) is 0 Å². The van der Waals surface area contributed by atoms with Gasteiger partial charge in [-0.15, -0.1) is 0 Å². The largest absolute Gasteiger partial charge is 0.352 e. The lowest BCUT2D eigenvalue weighted by Gasteiger charge is -2.06. The fraction of sp³-hybridized carbons (Fsp3) is 0.235. The number of hydrogen-bond donors (Lipinski definition) is 1. The summed E-state index contributed by atoms with van der Waals surface area (Å²) in [6, 6.07) is 16.4. The topological polar surface area (TPSA) is 63.2 Å². The fourth-order valence-electron chi connectivity index (χ4n) is 2.05. The van der Waals surface area contributed by atoms with Crippen LogP contribution in [0.4, 0.5) is 0 Å². The first-order chi connectivity index (χ1) is 10.4. The van der Waals surface area contributed by atoms with Crippen molar-refractivity contribution >= 4 is 15.7 Å². The van der Waals surface area contributed by atoms with Crippen molar-refractivity contribution in [2.75, 3.05) is 6.26 Å². The van der Waals surface area contributed by atoms with Crippen LogP contribution in [0.15, 0.2) is 59.5 Å². The van der Waals surface area contributed by atoms with E-state index < -0.39 is 9.84 Å². The van der Waals surface area contributed by atoms with Crippen LogP contribution in [-0.2, 0) is 27.6 Å². The third kappa shape index (κ3) is 5.00. The lowest BCUT2D eigenvalue weighted by atomic mass is 10.1. The van der Waals surface area contributed by atoms with Gasteiger partial charge in [0, 0.05) is 19.2 Å². The second-order valence-electron chi connectivity index (χ2n) is 5.18. The van der Waals surface area contributed by atoms with Gasteiger partial charge in [-0.05, 0) is 29.7 Å². The highest BCUT2D eigenvalue weighted by atomic mass is 32.2. The molecule has 2 rings (SSSR count). The standard InChI is InChI=1S/C17H19NO3S/c1-22(20,21)16-10-7-15(8-11-16)13-18-17(19)12-9-14-5-3-2-4-6-14/h2-8,10-11H,9,12-13H2,1H3,(H,18,19). The summed E-state index contributed by atoms with van der Waals surface area (Å²) in [6.07, 6.45) is 2.32. The van der Waals surface area contributed by atoms with E-state index in [4.69, 9.17) is 0 Å². The summed E-state index contributed by atoms with van der Waals surface area (Å²) in [7, 11) is -3.18. The smallest absolute Gasteiger partial charge is 0.220 e. The van der Waals surface area contributed by atoms with Crippen LogP contribution in [0.2, 0.25) is 0 Å². The molecule has 0 aliphatic heterocycles. The molecule has 4 nitrogen and oxygen atoms in total. The molecule has 0 aliphatic carbocycles. The Hall–Kier alpha value is -2.14. The van der Waals surface area contributed by atoms with E-state index in [0.717, 1.165) is 11.1 Å². The second-order valence-corrected chi connectivity index (χ2v) is 7.19. The number of sulfone groups is 1. The number of hydrogen-bond acceptors (Lipinski definition) is 3. The van der Waals surface area contributed by atoms with Crippen molar-refractivity contribution in [1.29, 1.82) is 0 Å². The number of amides is 1. The monoisotopic (exact) mass is 317 g/mol. The first-order valence-corrected chi connectivity index (χ1v) is 8.94. The summed E-state index contributed by atoms with van der Waals surface area (Å²) in [5.41, 5.74) is 2.01. The molecule has 0 atom stereocenters. The molecule has 5 heteroatoms. The molecule has 0 heterocycles. The normalized spacial score (nSPS) is 11.1. The van der Waals surface area contributed by atoms with Gasteiger partial charge in [-0.2, -0.15) is 0 Å². The Bertz CT molecular complexity index is 722. The molecule has 2 aromatic rings. The molecule has 1 amide bonds. The first kappa shape index (κ1) is 16.2. The molecule has 0 spiro atoms. The van der Waals surface area contributed by atoms with Crippen molar-refractivity contribution in [2.24, 2.45) is 0 Å². The maximum atomic E-state index is 11.8. The second kappa shape index (κ2) is 7.22. The van der Waals surface area contributed by atoms with E-state index in [1.807, 2.05) is 30.3 Å². The highest BCUT2D eigenvalue weighted by Crippen LogP contribution is 2.10. The molecule has 0 aromatic heterocycles. The van der Waals surface area contributed by atoms with Crippen molar-refractivity contribution in [3.05, 3.63) is 65.7 Å². The number of carbonyl (C=O) groups is 1. The van der Waals surface area contributed by atoms with Crippen LogP contribution in [0, 0.1) is 0 Å². The van der Waals surface area contributed by atoms with Crippen molar-refractivity contribution < 1.29 is 13.2 Å². The van der Waals surface area contributed by atoms with Crippen LogP contribution in [0.5, 0.6) is 0 Å². The van der Waals surface area contributed by atoms with E-state index in [-0.39, 0.29) is 10.8 Å². The first-order valence-electron chi connectivity index (χ1n) is 7.05. The lowest BCUT2D eigenvalue weighted by Crippen LogP contribution is -2.23. The van der Waals surface area contributed by atoms with Gasteiger partial charge in [-0.3, -0.25) is 4.79 Å². The van der Waals surface area contributed by atoms with Gasteiger partial charge in [0.25, 0.3) is 0 Å². The summed E-state index contributed by atoms with van der Waals surface area (Å²) < 4.78 is 22.7. The Morgan fingerprint density at radius 2 is 1.59 bits per heavy atom. The Labute approximate surface area is 131 Å². The quantitative estimate of drug-likeness (QED) is 0.889. The van der Waals surface area contributed by atoms with E-state index in [9.17, 15) is 13.2 Å². The van der Waals surface area contributed by atoms with Crippen molar-refractivity contribution in [1.82, 2.24) is 5.32 Å².